The number of pyridine rings is 1. The largest absolute Gasteiger partial charge is 0.281 e. The Morgan fingerprint density at radius 2 is 1.78 bits per heavy atom. The zero-order valence-corrected chi connectivity index (χ0v) is 11.5. The summed E-state index contributed by atoms with van der Waals surface area (Å²) in [5.41, 5.74) is 4.04. The molecular formula is C15H15NOS. The van der Waals surface area contributed by atoms with E-state index in [1.807, 2.05) is 51.1 Å². The summed E-state index contributed by atoms with van der Waals surface area (Å²) >= 11 is 1.18. The van der Waals surface area contributed by atoms with Crippen molar-refractivity contribution in [3.63, 3.8) is 0 Å². The van der Waals surface area contributed by atoms with Crippen molar-refractivity contribution in [1.29, 1.82) is 0 Å². The van der Waals surface area contributed by atoms with Crippen LogP contribution in [0.5, 0.6) is 0 Å². The second-order valence-electron chi connectivity index (χ2n) is 4.33. The average Bonchev–Trinajstić information content (AvgIpc) is 2.28. The number of carbonyl (C=O) groups excluding carboxylic acids is 1. The fourth-order valence-electron chi connectivity index (χ4n) is 2.06. The summed E-state index contributed by atoms with van der Waals surface area (Å²) in [7, 11) is 0. The molecule has 2 aromatic rings. The van der Waals surface area contributed by atoms with Crippen molar-refractivity contribution in [3.05, 3.63) is 58.8 Å². The molecule has 0 fully saturated rings. The van der Waals surface area contributed by atoms with Crippen LogP contribution < -0.4 is 0 Å². The van der Waals surface area contributed by atoms with Crippen LogP contribution in [0.3, 0.4) is 0 Å². The zero-order chi connectivity index (χ0) is 13.1. The van der Waals surface area contributed by atoms with Gasteiger partial charge in [0.05, 0.1) is 0 Å². The van der Waals surface area contributed by atoms with Crippen molar-refractivity contribution in [2.45, 2.75) is 25.8 Å². The lowest BCUT2D eigenvalue weighted by Gasteiger charge is -2.09. The van der Waals surface area contributed by atoms with Gasteiger partial charge in [-0.2, -0.15) is 0 Å². The van der Waals surface area contributed by atoms with Crippen molar-refractivity contribution in [2.24, 2.45) is 0 Å². The molecule has 2 nitrogen and oxygen atoms in total. The second kappa shape index (κ2) is 5.36. The molecule has 0 N–H and O–H groups in total. The minimum Gasteiger partial charge on any atom is -0.281 e. The van der Waals surface area contributed by atoms with Gasteiger partial charge >= 0.3 is 0 Å². The first-order chi connectivity index (χ1) is 8.58. The molecule has 0 unspecified atom stereocenters. The molecule has 1 heterocycles. The number of rotatable bonds is 2. The number of carbonyl (C=O) groups is 1. The van der Waals surface area contributed by atoms with Crippen LogP contribution in [0, 0.1) is 20.8 Å². The van der Waals surface area contributed by atoms with E-state index in [0.29, 0.717) is 0 Å². The van der Waals surface area contributed by atoms with Gasteiger partial charge in [-0.15, -0.1) is 0 Å². The van der Waals surface area contributed by atoms with Gasteiger partial charge in [0.1, 0.15) is 5.03 Å². The summed E-state index contributed by atoms with van der Waals surface area (Å²) in [5, 5.41) is 0.797. The van der Waals surface area contributed by atoms with Crippen molar-refractivity contribution in [1.82, 2.24) is 4.98 Å². The van der Waals surface area contributed by atoms with Crippen molar-refractivity contribution in [3.8, 4) is 0 Å². The highest BCUT2D eigenvalue weighted by Gasteiger charge is 2.14. The molecule has 0 amide bonds. The van der Waals surface area contributed by atoms with Crippen LogP contribution in [-0.4, -0.2) is 10.1 Å². The van der Waals surface area contributed by atoms with E-state index in [1.165, 1.54) is 17.3 Å². The van der Waals surface area contributed by atoms with E-state index in [1.54, 1.807) is 6.20 Å². The smallest absolute Gasteiger partial charge is 0.226 e. The molecule has 0 bridgehead atoms. The summed E-state index contributed by atoms with van der Waals surface area (Å²) in [5.74, 6) is 0. The average molecular weight is 257 g/mol. The lowest BCUT2D eigenvalue weighted by Crippen LogP contribution is -2.01. The topological polar surface area (TPSA) is 30.0 Å². The molecule has 0 atom stereocenters. The van der Waals surface area contributed by atoms with Gasteiger partial charge < -0.3 is 0 Å². The van der Waals surface area contributed by atoms with E-state index in [0.717, 1.165) is 21.7 Å². The predicted molar refractivity (Wildman–Crippen MR) is 75.1 cm³/mol. The Balaban J connectivity index is 2.30. The van der Waals surface area contributed by atoms with E-state index in [9.17, 15) is 4.79 Å². The number of hydrogen-bond donors (Lipinski definition) is 0. The van der Waals surface area contributed by atoms with Gasteiger partial charge in [-0.3, -0.25) is 4.79 Å². The Morgan fingerprint density at radius 1 is 1.11 bits per heavy atom. The van der Waals surface area contributed by atoms with Gasteiger partial charge in [-0.05, 0) is 55.8 Å². The summed E-state index contributed by atoms with van der Waals surface area (Å²) < 4.78 is 0. The molecule has 0 spiro atoms. The van der Waals surface area contributed by atoms with Crippen LogP contribution in [0.25, 0.3) is 0 Å². The third kappa shape index (κ3) is 2.79. The molecule has 2 rings (SSSR count). The molecular weight excluding hydrogens is 242 g/mol. The lowest BCUT2D eigenvalue weighted by molar-refractivity contribution is 0.108. The van der Waals surface area contributed by atoms with Crippen LogP contribution in [-0.2, 0) is 0 Å². The van der Waals surface area contributed by atoms with Gasteiger partial charge in [-0.25, -0.2) is 4.98 Å². The number of benzene rings is 1. The molecule has 0 aliphatic heterocycles. The fourth-order valence-corrected chi connectivity index (χ4v) is 2.93. The minimum atomic E-state index is 0.0590. The number of aryl methyl sites for hydroxylation is 3. The van der Waals surface area contributed by atoms with Crippen LogP contribution in [0.2, 0.25) is 0 Å². The molecule has 3 heteroatoms. The predicted octanol–water partition coefficient (Wildman–Crippen LogP) is 3.94. The highest BCUT2D eigenvalue weighted by molar-refractivity contribution is 8.14. The van der Waals surface area contributed by atoms with Crippen LogP contribution in [0.15, 0.2) is 41.6 Å². The normalized spacial score (nSPS) is 10.4. The molecule has 0 aliphatic carbocycles. The third-order valence-corrected chi connectivity index (χ3v) is 3.56. The fraction of sp³-hybridized carbons (Fsp3) is 0.200. The summed E-state index contributed by atoms with van der Waals surface area (Å²) in [6.07, 6.45) is 1.70. The quantitative estimate of drug-likeness (QED) is 0.763. The molecule has 1 aromatic carbocycles. The number of aromatic nitrogens is 1. The standard InChI is InChI=1S/C15H15NOS/c1-10-8-11(2)14(12(3)9-10)15(17)18-13-6-4-5-7-16-13/h4-9H,1-3H3. The monoisotopic (exact) mass is 257 g/mol. The van der Waals surface area contributed by atoms with Crippen molar-refractivity contribution < 1.29 is 4.79 Å². The SMILES string of the molecule is Cc1cc(C)c(C(=O)Sc2ccccn2)c(C)c1. The summed E-state index contributed by atoms with van der Waals surface area (Å²) in [6, 6.07) is 9.66. The van der Waals surface area contributed by atoms with E-state index in [4.69, 9.17) is 0 Å². The van der Waals surface area contributed by atoms with Crippen LogP contribution >= 0.6 is 11.8 Å². The lowest BCUT2D eigenvalue weighted by atomic mass is 10.0. The Bertz CT molecular complexity index is 555. The minimum absolute atomic E-state index is 0.0590. The molecule has 92 valence electrons. The van der Waals surface area contributed by atoms with Gasteiger partial charge in [-0.1, -0.05) is 23.8 Å². The number of nitrogens with zero attached hydrogens (tertiary/aromatic N) is 1. The first-order valence-electron chi connectivity index (χ1n) is 5.79. The van der Waals surface area contributed by atoms with Gasteiger partial charge in [0.25, 0.3) is 0 Å². The first kappa shape index (κ1) is 12.8. The maximum Gasteiger partial charge on any atom is 0.226 e. The third-order valence-electron chi connectivity index (χ3n) is 2.72. The first-order valence-corrected chi connectivity index (χ1v) is 6.60. The molecule has 0 saturated heterocycles. The Kier molecular flexibility index (Phi) is 3.82. The Labute approximate surface area is 111 Å². The maximum atomic E-state index is 12.3. The van der Waals surface area contributed by atoms with Crippen LogP contribution in [0.4, 0.5) is 0 Å². The highest BCUT2D eigenvalue weighted by Crippen LogP contribution is 2.25. The molecule has 1 aromatic heterocycles. The summed E-state index contributed by atoms with van der Waals surface area (Å²) in [6.45, 7) is 6.00. The van der Waals surface area contributed by atoms with E-state index < -0.39 is 0 Å². The molecule has 0 saturated carbocycles. The summed E-state index contributed by atoms with van der Waals surface area (Å²) in [4.78, 5) is 16.5. The second-order valence-corrected chi connectivity index (χ2v) is 5.32. The molecule has 0 aliphatic rings. The maximum absolute atomic E-state index is 12.3. The number of thioether (sulfide) groups is 1. The van der Waals surface area contributed by atoms with Gasteiger partial charge in [0.2, 0.25) is 5.12 Å². The van der Waals surface area contributed by atoms with E-state index in [2.05, 4.69) is 4.98 Å². The molecule has 0 radical (unpaired) electrons. The molecule has 18 heavy (non-hydrogen) atoms. The van der Waals surface area contributed by atoms with E-state index >= 15 is 0 Å². The van der Waals surface area contributed by atoms with Gasteiger partial charge in [0.15, 0.2) is 0 Å². The van der Waals surface area contributed by atoms with Crippen molar-refractivity contribution in [2.75, 3.05) is 0 Å². The van der Waals surface area contributed by atoms with Gasteiger partial charge in [0, 0.05) is 11.8 Å². The Morgan fingerprint density at radius 3 is 2.33 bits per heavy atom. The van der Waals surface area contributed by atoms with Crippen molar-refractivity contribution >= 4 is 16.9 Å². The Hall–Kier alpha value is -1.61. The zero-order valence-electron chi connectivity index (χ0n) is 10.7. The van der Waals surface area contributed by atoms with E-state index in [-0.39, 0.29) is 5.12 Å². The van der Waals surface area contributed by atoms with Crippen LogP contribution in [0.1, 0.15) is 27.0 Å². The number of hydrogen-bond acceptors (Lipinski definition) is 3. The highest BCUT2D eigenvalue weighted by atomic mass is 32.2.